The van der Waals surface area contributed by atoms with Crippen LogP contribution in [0, 0.1) is 17.0 Å². The van der Waals surface area contributed by atoms with Crippen LogP contribution in [-0.4, -0.2) is 10.9 Å². The van der Waals surface area contributed by atoms with E-state index in [0.717, 1.165) is 12.0 Å². The van der Waals surface area contributed by atoms with Gasteiger partial charge >= 0.3 is 5.97 Å². The van der Waals surface area contributed by atoms with Gasteiger partial charge in [-0.05, 0) is 49.2 Å². The summed E-state index contributed by atoms with van der Waals surface area (Å²) in [5, 5.41) is 11.4. The third-order valence-electron chi connectivity index (χ3n) is 5.21. The standard InChI is InChI=1S/C25H19NO7/c1-3-16-7-9-17(10-8-16)32-23-14-31-22-13-18(11-12-20(22)24(23)27)33-25(28)19-5-4-6-21(15(19)2)26(29)30/h4-14H,3H2,1-2H3. The van der Waals surface area contributed by atoms with Crippen LogP contribution in [0.5, 0.6) is 17.2 Å². The van der Waals surface area contributed by atoms with Crippen molar-refractivity contribution in [3.05, 3.63) is 104 Å². The van der Waals surface area contributed by atoms with Gasteiger partial charge < -0.3 is 13.9 Å². The minimum atomic E-state index is -0.756. The van der Waals surface area contributed by atoms with Crippen LogP contribution in [0.3, 0.4) is 0 Å². The summed E-state index contributed by atoms with van der Waals surface area (Å²) >= 11 is 0. The van der Waals surface area contributed by atoms with Gasteiger partial charge in [-0.3, -0.25) is 14.9 Å². The molecular formula is C25H19NO7. The van der Waals surface area contributed by atoms with Gasteiger partial charge in [-0.2, -0.15) is 0 Å². The molecule has 0 fully saturated rings. The minimum absolute atomic E-state index is 0.0312. The molecule has 1 aromatic heterocycles. The van der Waals surface area contributed by atoms with Crippen molar-refractivity contribution in [3.8, 4) is 17.2 Å². The zero-order chi connectivity index (χ0) is 23.5. The number of nitro groups is 1. The van der Waals surface area contributed by atoms with Gasteiger partial charge in [0.05, 0.1) is 15.9 Å². The molecule has 0 radical (unpaired) electrons. The maximum atomic E-state index is 12.8. The Bertz CT molecular complexity index is 1420. The van der Waals surface area contributed by atoms with E-state index >= 15 is 0 Å². The number of carbonyl (C=O) groups excluding carboxylic acids is 1. The Hall–Kier alpha value is -4.46. The number of carbonyl (C=O) groups is 1. The van der Waals surface area contributed by atoms with Crippen LogP contribution in [0.15, 0.2) is 76.1 Å². The van der Waals surface area contributed by atoms with Gasteiger partial charge in [0.2, 0.25) is 11.2 Å². The predicted octanol–water partition coefficient (Wildman–Crippen LogP) is 5.58. The number of hydrogen-bond acceptors (Lipinski definition) is 7. The van der Waals surface area contributed by atoms with E-state index in [1.807, 2.05) is 19.1 Å². The fraction of sp³-hybridized carbons (Fsp3) is 0.120. The highest BCUT2D eigenvalue weighted by Crippen LogP contribution is 2.26. The van der Waals surface area contributed by atoms with Crippen LogP contribution in [0.25, 0.3) is 11.0 Å². The summed E-state index contributed by atoms with van der Waals surface area (Å²) in [6, 6.07) is 15.9. The number of nitro benzene ring substituents is 1. The molecule has 0 aliphatic carbocycles. The fourth-order valence-corrected chi connectivity index (χ4v) is 3.35. The molecule has 4 aromatic rings. The first kappa shape index (κ1) is 21.8. The summed E-state index contributed by atoms with van der Waals surface area (Å²) in [7, 11) is 0. The molecule has 0 unspecified atom stereocenters. The Labute approximate surface area is 188 Å². The summed E-state index contributed by atoms with van der Waals surface area (Å²) in [5.41, 5.74) is 1.08. The molecule has 0 N–H and O–H groups in total. The van der Waals surface area contributed by atoms with Gasteiger partial charge in [0.15, 0.2) is 0 Å². The second-order valence-corrected chi connectivity index (χ2v) is 7.28. The normalized spacial score (nSPS) is 10.7. The highest BCUT2D eigenvalue weighted by atomic mass is 16.6. The Morgan fingerprint density at radius 2 is 1.79 bits per heavy atom. The first-order chi connectivity index (χ1) is 15.9. The molecule has 0 amide bonds. The number of aryl methyl sites for hydroxylation is 1. The smallest absolute Gasteiger partial charge is 0.344 e. The summed E-state index contributed by atoms with van der Waals surface area (Å²) in [6.07, 6.45) is 2.10. The average Bonchev–Trinajstić information content (AvgIpc) is 2.81. The second-order valence-electron chi connectivity index (χ2n) is 7.28. The van der Waals surface area contributed by atoms with E-state index in [9.17, 15) is 19.7 Å². The van der Waals surface area contributed by atoms with Crippen molar-refractivity contribution in [1.29, 1.82) is 0 Å². The highest BCUT2D eigenvalue weighted by molar-refractivity contribution is 5.94. The summed E-state index contributed by atoms with van der Waals surface area (Å²) in [6.45, 7) is 3.52. The van der Waals surface area contributed by atoms with Crippen LogP contribution < -0.4 is 14.9 Å². The van der Waals surface area contributed by atoms with E-state index in [1.165, 1.54) is 49.6 Å². The number of esters is 1. The average molecular weight is 445 g/mol. The molecular weight excluding hydrogens is 426 g/mol. The lowest BCUT2D eigenvalue weighted by Crippen LogP contribution is -2.11. The molecule has 8 nitrogen and oxygen atoms in total. The molecule has 0 saturated heterocycles. The lowest BCUT2D eigenvalue weighted by atomic mass is 10.1. The van der Waals surface area contributed by atoms with Crippen LogP contribution >= 0.6 is 0 Å². The molecule has 4 rings (SSSR count). The highest BCUT2D eigenvalue weighted by Gasteiger charge is 2.20. The Morgan fingerprint density at radius 1 is 1.06 bits per heavy atom. The first-order valence-electron chi connectivity index (χ1n) is 10.2. The minimum Gasteiger partial charge on any atom is -0.460 e. The van der Waals surface area contributed by atoms with Gasteiger partial charge in [-0.15, -0.1) is 0 Å². The SMILES string of the molecule is CCc1ccc(Oc2coc3cc(OC(=O)c4cccc([N+](=O)[O-])c4C)ccc3c2=O)cc1. The molecule has 1 heterocycles. The maximum Gasteiger partial charge on any atom is 0.344 e. The molecule has 0 spiro atoms. The topological polar surface area (TPSA) is 109 Å². The predicted molar refractivity (Wildman–Crippen MR) is 121 cm³/mol. The lowest BCUT2D eigenvalue weighted by molar-refractivity contribution is -0.385. The number of rotatable bonds is 6. The van der Waals surface area contributed by atoms with Crippen LogP contribution in [0.2, 0.25) is 0 Å². The van der Waals surface area contributed by atoms with Gasteiger partial charge in [0.25, 0.3) is 5.69 Å². The summed E-state index contributed by atoms with van der Waals surface area (Å²) in [4.78, 5) is 35.9. The quantitative estimate of drug-likeness (QED) is 0.165. The van der Waals surface area contributed by atoms with E-state index in [4.69, 9.17) is 13.9 Å². The van der Waals surface area contributed by atoms with Crippen molar-refractivity contribution in [3.63, 3.8) is 0 Å². The van der Waals surface area contributed by atoms with Crippen molar-refractivity contribution in [2.75, 3.05) is 0 Å². The Balaban J connectivity index is 1.58. The van der Waals surface area contributed by atoms with Crippen molar-refractivity contribution in [2.45, 2.75) is 20.3 Å². The van der Waals surface area contributed by atoms with Gasteiger partial charge in [-0.25, -0.2) is 4.79 Å². The van der Waals surface area contributed by atoms with E-state index < -0.39 is 10.9 Å². The van der Waals surface area contributed by atoms with Crippen molar-refractivity contribution < 1.29 is 23.6 Å². The van der Waals surface area contributed by atoms with Gasteiger partial charge in [0, 0.05) is 17.7 Å². The molecule has 0 atom stereocenters. The molecule has 3 aromatic carbocycles. The second kappa shape index (κ2) is 8.96. The number of ether oxygens (including phenoxy) is 2. The largest absolute Gasteiger partial charge is 0.460 e. The molecule has 8 heteroatoms. The van der Waals surface area contributed by atoms with E-state index in [0.29, 0.717) is 5.75 Å². The number of benzene rings is 3. The molecule has 166 valence electrons. The van der Waals surface area contributed by atoms with Crippen molar-refractivity contribution in [2.24, 2.45) is 0 Å². The summed E-state index contributed by atoms with van der Waals surface area (Å²) < 4.78 is 16.6. The monoisotopic (exact) mass is 445 g/mol. The van der Waals surface area contributed by atoms with E-state index in [2.05, 4.69) is 0 Å². The number of fused-ring (bicyclic) bond motifs is 1. The summed E-state index contributed by atoms with van der Waals surface area (Å²) in [5.74, 6) is -0.0841. The van der Waals surface area contributed by atoms with E-state index in [-0.39, 0.29) is 44.7 Å². The third kappa shape index (κ3) is 4.45. The zero-order valence-electron chi connectivity index (χ0n) is 17.9. The maximum absolute atomic E-state index is 12.8. The van der Waals surface area contributed by atoms with Crippen LogP contribution in [0.1, 0.15) is 28.4 Å². The molecule has 0 aliphatic heterocycles. The molecule has 33 heavy (non-hydrogen) atoms. The van der Waals surface area contributed by atoms with E-state index in [1.54, 1.807) is 12.1 Å². The first-order valence-corrected chi connectivity index (χ1v) is 10.2. The third-order valence-corrected chi connectivity index (χ3v) is 5.21. The zero-order valence-corrected chi connectivity index (χ0v) is 17.9. The molecule has 0 bridgehead atoms. The Kier molecular flexibility index (Phi) is 5.91. The van der Waals surface area contributed by atoms with Crippen molar-refractivity contribution in [1.82, 2.24) is 0 Å². The van der Waals surface area contributed by atoms with Gasteiger partial charge in [0.1, 0.15) is 23.3 Å². The molecule has 0 saturated carbocycles. The Morgan fingerprint density at radius 3 is 2.48 bits per heavy atom. The van der Waals surface area contributed by atoms with Crippen LogP contribution in [-0.2, 0) is 6.42 Å². The molecule has 0 aliphatic rings. The van der Waals surface area contributed by atoms with Crippen LogP contribution in [0.4, 0.5) is 5.69 Å². The van der Waals surface area contributed by atoms with Crippen molar-refractivity contribution >= 4 is 22.6 Å². The number of nitrogens with zero attached hydrogens (tertiary/aromatic N) is 1. The van der Waals surface area contributed by atoms with Gasteiger partial charge in [-0.1, -0.05) is 25.1 Å². The lowest BCUT2D eigenvalue weighted by Gasteiger charge is -2.09. The number of hydrogen-bond donors (Lipinski definition) is 0. The fourth-order valence-electron chi connectivity index (χ4n) is 3.35.